The Hall–Kier alpha value is -3.42. The van der Waals surface area contributed by atoms with Gasteiger partial charge in [-0.05, 0) is 48.7 Å². The maximum Gasteiger partial charge on any atom is 0.225 e. The van der Waals surface area contributed by atoms with Crippen LogP contribution in [0.25, 0.3) is 5.82 Å². The van der Waals surface area contributed by atoms with Crippen LogP contribution in [0.15, 0.2) is 54.9 Å². The third kappa shape index (κ3) is 4.53. The van der Waals surface area contributed by atoms with E-state index in [1.807, 2.05) is 48.7 Å². The molecule has 8 nitrogen and oxygen atoms in total. The van der Waals surface area contributed by atoms with E-state index in [1.54, 1.807) is 18.0 Å². The van der Waals surface area contributed by atoms with E-state index in [0.29, 0.717) is 18.9 Å². The van der Waals surface area contributed by atoms with Gasteiger partial charge in [0.2, 0.25) is 5.91 Å². The number of methoxy groups -OCH3 is 1. The minimum Gasteiger partial charge on any atom is -0.497 e. The summed E-state index contributed by atoms with van der Waals surface area (Å²) in [6, 6.07) is 13.4. The van der Waals surface area contributed by atoms with Gasteiger partial charge >= 0.3 is 0 Å². The number of nitrogens with zero attached hydrogens (tertiary/aromatic N) is 5. The highest BCUT2D eigenvalue weighted by Crippen LogP contribution is 2.22. The molecule has 150 valence electrons. The topological polar surface area (TPSA) is 85.2 Å². The molecule has 3 aromatic rings. The van der Waals surface area contributed by atoms with Gasteiger partial charge in [-0.2, -0.15) is 5.10 Å². The molecular formula is C21H24N6O2. The van der Waals surface area contributed by atoms with Gasteiger partial charge in [0.1, 0.15) is 5.75 Å². The molecule has 0 radical (unpaired) electrons. The van der Waals surface area contributed by atoms with Crippen molar-refractivity contribution in [2.75, 3.05) is 25.1 Å². The van der Waals surface area contributed by atoms with Crippen molar-refractivity contribution >= 4 is 11.7 Å². The zero-order valence-electron chi connectivity index (χ0n) is 16.4. The van der Waals surface area contributed by atoms with Crippen LogP contribution in [0.1, 0.15) is 18.4 Å². The number of aromatic nitrogens is 4. The first kappa shape index (κ1) is 18.9. The quantitative estimate of drug-likeness (QED) is 0.692. The van der Waals surface area contributed by atoms with Crippen LogP contribution in [-0.2, 0) is 11.3 Å². The highest BCUT2D eigenvalue weighted by atomic mass is 16.5. The molecule has 1 aliphatic heterocycles. The van der Waals surface area contributed by atoms with Crippen LogP contribution in [0.4, 0.5) is 5.82 Å². The van der Waals surface area contributed by atoms with Gasteiger partial charge < -0.3 is 15.0 Å². The molecule has 2 aromatic heterocycles. The summed E-state index contributed by atoms with van der Waals surface area (Å²) in [5.41, 5.74) is 1.02. The number of benzene rings is 1. The first-order valence-electron chi connectivity index (χ1n) is 9.72. The van der Waals surface area contributed by atoms with Crippen molar-refractivity contribution in [1.29, 1.82) is 0 Å². The molecule has 1 aliphatic rings. The monoisotopic (exact) mass is 392 g/mol. The van der Waals surface area contributed by atoms with Crippen molar-refractivity contribution in [1.82, 2.24) is 25.3 Å². The number of hydrogen-bond donors (Lipinski definition) is 1. The lowest BCUT2D eigenvalue weighted by Gasteiger charge is -2.32. The van der Waals surface area contributed by atoms with Gasteiger partial charge in [-0.15, -0.1) is 10.2 Å². The molecule has 1 amide bonds. The summed E-state index contributed by atoms with van der Waals surface area (Å²) in [7, 11) is 1.64. The van der Waals surface area contributed by atoms with Crippen LogP contribution < -0.4 is 15.0 Å². The molecule has 29 heavy (non-hydrogen) atoms. The first-order chi connectivity index (χ1) is 14.2. The molecule has 1 N–H and O–H groups in total. The van der Waals surface area contributed by atoms with Crippen molar-refractivity contribution in [3.8, 4) is 11.6 Å². The molecule has 0 unspecified atom stereocenters. The largest absolute Gasteiger partial charge is 0.497 e. The van der Waals surface area contributed by atoms with Crippen LogP contribution in [0.3, 0.4) is 0 Å². The number of piperidine rings is 1. The molecule has 0 spiro atoms. The number of carbonyl (C=O) groups is 1. The number of carbonyl (C=O) groups excluding carboxylic acids is 1. The summed E-state index contributed by atoms with van der Waals surface area (Å²) in [6.07, 6.45) is 5.35. The summed E-state index contributed by atoms with van der Waals surface area (Å²) in [5.74, 6) is 2.24. The fraction of sp³-hybridized carbons (Fsp3) is 0.333. The molecule has 1 aromatic carbocycles. The van der Waals surface area contributed by atoms with Crippen molar-refractivity contribution < 1.29 is 9.53 Å². The lowest BCUT2D eigenvalue weighted by molar-refractivity contribution is -0.125. The minimum atomic E-state index is -0.0676. The van der Waals surface area contributed by atoms with E-state index in [0.717, 1.165) is 36.5 Å². The molecular weight excluding hydrogens is 368 g/mol. The highest BCUT2D eigenvalue weighted by Gasteiger charge is 2.26. The number of amides is 1. The normalized spacial score (nSPS) is 16.4. The van der Waals surface area contributed by atoms with E-state index in [9.17, 15) is 4.79 Å². The highest BCUT2D eigenvalue weighted by molar-refractivity contribution is 5.79. The molecule has 4 rings (SSSR count). The lowest BCUT2D eigenvalue weighted by Crippen LogP contribution is -2.43. The molecule has 0 saturated carbocycles. The Morgan fingerprint density at radius 2 is 2.07 bits per heavy atom. The van der Waals surface area contributed by atoms with E-state index in [1.165, 1.54) is 0 Å². The van der Waals surface area contributed by atoms with Gasteiger partial charge in [0.15, 0.2) is 11.6 Å². The summed E-state index contributed by atoms with van der Waals surface area (Å²) in [4.78, 5) is 14.8. The number of hydrogen-bond acceptors (Lipinski definition) is 6. The fourth-order valence-electron chi connectivity index (χ4n) is 3.53. The second kappa shape index (κ2) is 8.72. The van der Waals surface area contributed by atoms with Crippen LogP contribution in [0.2, 0.25) is 0 Å². The average molecular weight is 392 g/mol. The van der Waals surface area contributed by atoms with Crippen molar-refractivity contribution in [2.45, 2.75) is 19.4 Å². The number of ether oxygens (including phenoxy) is 1. The Balaban J connectivity index is 1.35. The lowest BCUT2D eigenvalue weighted by atomic mass is 9.97. The molecule has 3 heterocycles. The molecule has 1 saturated heterocycles. The third-order valence-corrected chi connectivity index (χ3v) is 5.09. The van der Waals surface area contributed by atoms with Gasteiger partial charge in [0, 0.05) is 32.0 Å². The molecule has 0 bridgehead atoms. The first-order valence-corrected chi connectivity index (χ1v) is 9.72. The predicted octanol–water partition coefficient (Wildman–Crippen LogP) is 2.20. The van der Waals surface area contributed by atoms with E-state index >= 15 is 0 Å². The maximum atomic E-state index is 12.7. The minimum absolute atomic E-state index is 0.0676. The Bertz CT molecular complexity index is 942. The van der Waals surface area contributed by atoms with Crippen molar-refractivity contribution in [3.05, 3.63) is 60.4 Å². The van der Waals surface area contributed by atoms with Gasteiger partial charge in [-0.3, -0.25) is 4.79 Å². The van der Waals surface area contributed by atoms with Crippen LogP contribution in [0, 0.1) is 5.92 Å². The van der Waals surface area contributed by atoms with Crippen molar-refractivity contribution in [3.63, 3.8) is 0 Å². The predicted molar refractivity (Wildman–Crippen MR) is 109 cm³/mol. The molecule has 0 aliphatic carbocycles. The summed E-state index contributed by atoms with van der Waals surface area (Å²) < 4.78 is 6.90. The Morgan fingerprint density at radius 1 is 1.21 bits per heavy atom. The van der Waals surface area contributed by atoms with Crippen LogP contribution >= 0.6 is 0 Å². The molecule has 1 atom stereocenters. The molecule has 8 heteroatoms. The van der Waals surface area contributed by atoms with E-state index < -0.39 is 0 Å². The number of rotatable bonds is 6. The maximum absolute atomic E-state index is 12.7. The van der Waals surface area contributed by atoms with Gasteiger partial charge in [0.25, 0.3) is 0 Å². The number of anilines is 1. The Morgan fingerprint density at radius 3 is 2.83 bits per heavy atom. The standard InChI is InChI=1S/C21H24N6O2/c1-29-18-7-2-5-16(13-18)14-22-21(28)17-6-3-11-26(15-17)19-8-9-20(25-24-19)27-12-4-10-23-27/h2,4-5,7-10,12-13,17H,3,6,11,14-15H2,1H3,(H,22,28)/t17-/m1/s1. The van der Waals surface area contributed by atoms with E-state index in [2.05, 4.69) is 25.5 Å². The van der Waals surface area contributed by atoms with Gasteiger partial charge in [-0.1, -0.05) is 12.1 Å². The SMILES string of the molecule is COc1cccc(CNC(=O)[C@@H]2CCCN(c3ccc(-n4cccn4)nn3)C2)c1. The fourth-order valence-corrected chi connectivity index (χ4v) is 3.53. The van der Waals surface area contributed by atoms with Crippen molar-refractivity contribution in [2.24, 2.45) is 5.92 Å². The summed E-state index contributed by atoms with van der Waals surface area (Å²) >= 11 is 0. The molecule has 1 fully saturated rings. The average Bonchev–Trinajstić information content (AvgIpc) is 3.33. The van der Waals surface area contributed by atoms with Crippen LogP contribution in [0.5, 0.6) is 5.75 Å². The second-order valence-corrected chi connectivity index (χ2v) is 7.05. The zero-order valence-corrected chi connectivity index (χ0v) is 16.4. The third-order valence-electron chi connectivity index (χ3n) is 5.09. The number of nitrogens with one attached hydrogen (secondary N) is 1. The zero-order chi connectivity index (χ0) is 20.1. The summed E-state index contributed by atoms with van der Waals surface area (Å²) in [6.45, 7) is 2.00. The van der Waals surface area contributed by atoms with Crippen LogP contribution in [-0.4, -0.2) is 46.1 Å². The van der Waals surface area contributed by atoms with E-state index in [4.69, 9.17) is 4.74 Å². The van der Waals surface area contributed by atoms with E-state index in [-0.39, 0.29) is 11.8 Å². The van der Waals surface area contributed by atoms with Gasteiger partial charge in [-0.25, -0.2) is 4.68 Å². The Kier molecular flexibility index (Phi) is 5.69. The smallest absolute Gasteiger partial charge is 0.225 e. The summed E-state index contributed by atoms with van der Waals surface area (Å²) in [5, 5.41) is 15.8. The second-order valence-electron chi connectivity index (χ2n) is 7.05. The van der Waals surface area contributed by atoms with Gasteiger partial charge in [0.05, 0.1) is 13.0 Å². The Labute approximate surface area is 169 Å².